The normalized spacial score (nSPS) is 14.1. The molecule has 0 aliphatic carbocycles. The molecule has 148 valence electrons. The molecule has 8 heteroatoms. The highest BCUT2D eigenvalue weighted by atomic mass is 32.1. The molecular weight excluding hydrogens is 402 g/mol. The van der Waals surface area contributed by atoms with Crippen molar-refractivity contribution in [2.45, 2.75) is 6.42 Å². The van der Waals surface area contributed by atoms with Crippen molar-refractivity contribution >= 4 is 16.3 Å². The first kappa shape index (κ1) is 17.2. The fourth-order valence-electron chi connectivity index (χ4n) is 3.83. The summed E-state index contributed by atoms with van der Waals surface area (Å²) in [5.74, 6) is 2.90. The van der Waals surface area contributed by atoms with E-state index in [9.17, 15) is 5.26 Å². The van der Waals surface area contributed by atoms with E-state index in [2.05, 4.69) is 10.5 Å². The smallest absolute Gasteiger partial charge is 0.231 e. The van der Waals surface area contributed by atoms with Crippen molar-refractivity contribution in [3.8, 4) is 51.6 Å². The van der Waals surface area contributed by atoms with Crippen LogP contribution in [-0.4, -0.2) is 29.4 Å². The topological polar surface area (TPSA) is 78.0 Å². The van der Waals surface area contributed by atoms with Gasteiger partial charge in [0.05, 0.1) is 29.6 Å². The van der Waals surface area contributed by atoms with Gasteiger partial charge in [-0.15, -0.1) is 11.3 Å². The van der Waals surface area contributed by atoms with Crippen molar-refractivity contribution < 1.29 is 18.9 Å². The summed E-state index contributed by atoms with van der Waals surface area (Å²) in [5, 5.41) is 11.6. The van der Waals surface area contributed by atoms with Gasteiger partial charge in [-0.1, -0.05) is 0 Å². The van der Waals surface area contributed by atoms with Gasteiger partial charge in [0.2, 0.25) is 6.79 Å². The molecule has 0 saturated carbocycles. The largest absolute Gasteiger partial charge is 0.486 e. The van der Waals surface area contributed by atoms with Crippen molar-refractivity contribution in [2.24, 2.45) is 0 Å². The molecule has 30 heavy (non-hydrogen) atoms. The van der Waals surface area contributed by atoms with Crippen LogP contribution < -0.4 is 18.9 Å². The van der Waals surface area contributed by atoms with E-state index < -0.39 is 0 Å². The Morgan fingerprint density at radius 3 is 2.50 bits per heavy atom. The molecule has 0 bridgehead atoms. The first-order chi connectivity index (χ1) is 14.8. The zero-order chi connectivity index (χ0) is 20.1. The van der Waals surface area contributed by atoms with E-state index in [0.29, 0.717) is 19.0 Å². The first-order valence-corrected chi connectivity index (χ1v) is 10.4. The standard InChI is InChI=1S/C22H15N3O4S/c23-6-5-15-21(14-2-4-17-19(10-14)27-8-7-26-17)24-22-25(15)16(11-30-22)13-1-3-18-20(9-13)29-12-28-18/h1-4,9-11H,5,7-8,12H2. The molecule has 2 aromatic carbocycles. The molecule has 2 aliphatic rings. The van der Waals surface area contributed by atoms with Crippen molar-refractivity contribution in [2.75, 3.05) is 20.0 Å². The quantitative estimate of drug-likeness (QED) is 0.495. The fourth-order valence-corrected chi connectivity index (χ4v) is 4.75. The lowest BCUT2D eigenvalue weighted by Gasteiger charge is -2.18. The van der Waals surface area contributed by atoms with Crippen LogP contribution in [0.5, 0.6) is 23.0 Å². The molecule has 0 fully saturated rings. The maximum Gasteiger partial charge on any atom is 0.231 e. The van der Waals surface area contributed by atoms with Crippen molar-refractivity contribution in [3.63, 3.8) is 0 Å². The van der Waals surface area contributed by atoms with E-state index in [0.717, 1.165) is 50.4 Å². The molecule has 0 atom stereocenters. The number of fused-ring (bicyclic) bond motifs is 3. The fraction of sp³-hybridized carbons (Fsp3) is 0.182. The van der Waals surface area contributed by atoms with Crippen LogP contribution in [0.3, 0.4) is 0 Å². The second-order valence-corrected chi connectivity index (χ2v) is 7.74. The summed E-state index contributed by atoms with van der Waals surface area (Å²) in [7, 11) is 0. The predicted octanol–water partition coefficient (Wildman–Crippen LogP) is 4.30. The van der Waals surface area contributed by atoms with Gasteiger partial charge in [0.1, 0.15) is 13.2 Å². The molecule has 0 saturated heterocycles. The molecular formula is C22H15N3O4S. The summed E-state index contributed by atoms with van der Waals surface area (Å²) in [6.45, 7) is 1.30. The lowest BCUT2D eigenvalue weighted by molar-refractivity contribution is 0.171. The number of nitriles is 1. The van der Waals surface area contributed by atoms with E-state index in [1.54, 1.807) is 11.3 Å². The van der Waals surface area contributed by atoms with Gasteiger partial charge in [-0.2, -0.15) is 5.26 Å². The van der Waals surface area contributed by atoms with E-state index in [4.69, 9.17) is 23.9 Å². The van der Waals surface area contributed by atoms with Gasteiger partial charge in [-0.25, -0.2) is 4.98 Å². The van der Waals surface area contributed by atoms with E-state index in [-0.39, 0.29) is 13.2 Å². The van der Waals surface area contributed by atoms with Gasteiger partial charge < -0.3 is 18.9 Å². The zero-order valence-electron chi connectivity index (χ0n) is 15.8. The number of rotatable bonds is 3. The van der Waals surface area contributed by atoms with Gasteiger partial charge in [0.25, 0.3) is 0 Å². The Kier molecular flexibility index (Phi) is 3.82. The van der Waals surface area contributed by atoms with Crippen LogP contribution in [-0.2, 0) is 6.42 Å². The van der Waals surface area contributed by atoms with Crippen molar-refractivity contribution in [1.82, 2.24) is 9.38 Å². The molecule has 4 aromatic rings. The van der Waals surface area contributed by atoms with Crippen LogP contribution in [0.25, 0.3) is 27.5 Å². The Balaban J connectivity index is 1.52. The molecule has 7 nitrogen and oxygen atoms in total. The number of ether oxygens (including phenoxy) is 4. The number of nitrogens with zero attached hydrogens (tertiary/aromatic N) is 3. The lowest BCUT2D eigenvalue weighted by Crippen LogP contribution is -2.15. The van der Waals surface area contributed by atoms with E-state index >= 15 is 0 Å². The van der Waals surface area contributed by atoms with Crippen LogP contribution in [0.4, 0.5) is 0 Å². The third-order valence-electron chi connectivity index (χ3n) is 5.19. The Morgan fingerprint density at radius 1 is 0.933 bits per heavy atom. The molecule has 0 amide bonds. The second-order valence-electron chi connectivity index (χ2n) is 6.91. The second kappa shape index (κ2) is 6.68. The number of imidazole rings is 1. The Hall–Kier alpha value is -3.70. The Bertz CT molecular complexity index is 1330. The van der Waals surface area contributed by atoms with Crippen LogP contribution in [0.2, 0.25) is 0 Å². The van der Waals surface area contributed by atoms with Crippen molar-refractivity contribution in [3.05, 3.63) is 47.5 Å². The Labute approximate surface area is 175 Å². The predicted molar refractivity (Wildman–Crippen MR) is 110 cm³/mol. The summed E-state index contributed by atoms with van der Waals surface area (Å²) >= 11 is 1.54. The highest BCUT2D eigenvalue weighted by molar-refractivity contribution is 7.15. The summed E-state index contributed by atoms with van der Waals surface area (Å²) in [5.41, 5.74) is 4.48. The molecule has 4 heterocycles. The van der Waals surface area contributed by atoms with Crippen LogP contribution in [0, 0.1) is 11.3 Å². The third-order valence-corrected chi connectivity index (χ3v) is 6.02. The average molecular weight is 417 g/mol. The van der Waals surface area contributed by atoms with Gasteiger partial charge in [-0.3, -0.25) is 4.40 Å². The average Bonchev–Trinajstić information content (AvgIpc) is 3.49. The maximum atomic E-state index is 9.52. The maximum absolute atomic E-state index is 9.52. The van der Waals surface area contributed by atoms with Crippen LogP contribution >= 0.6 is 11.3 Å². The number of benzene rings is 2. The highest BCUT2D eigenvalue weighted by Crippen LogP contribution is 2.40. The van der Waals surface area contributed by atoms with Crippen molar-refractivity contribution in [1.29, 1.82) is 5.26 Å². The SMILES string of the molecule is N#CCc1c(-c2ccc3c(c2)OCCO3)nc2scc(-c3ccc4c(c3)OCO4)n12. The highest BCUT2D eigenvalue weighted by Gasteiger charge is 2.22. The minimum absolute atomic E-state index is 0.233. The summed E-state index contributed by atoms with van der Waals surface area (Å²) in [6.07, 6.45) is 0.235. The molecule has 0 radical (unpaired) electrons. The minimum atomic E-state index is 0.233. The minimum Gasteiger partial charge on any atom is -0.486 e. The number of hydrogen-bond donors (Lipinski definition) is 0. The number of hydrogen-bond acceptors (Lipinski definition) is 7. The van der Waals surface area contributed by atoms with Crippen LogP contribution in [0.15, 0.2) is 41.8 Å². The third kappa shape index (κ3) is 2.60. The molecule has 0 spiro atoms. The molecule has 6 rings (SSSR count). The number of aromatic nitrogens is 2. The van der Waals surface area contributed by atoms with Gasteiger partial charge in [-0.05, 0) is 36.4 Å². The van der Waals surface area contributed by atoms with Crippen LogP contribution in [0.1, 0.15) is 5.69 Å². The summed E-state index contributed by atoms with van der Waals surface area (Å²) in [6, 6.07) is 13.9. The molecule has 0 unspecified atom stereocenters. The van der Waals surface area contributed by atoms with E-state index in [1.807, 2.05) is 41.8 Å². The van der Waals surface area contributed by atoms with E-state index in [1.165, 1.54) is 0 Å². The Morgan fingerprint density at radius 2 is 1.63 bits per heavy atom. The van der Waals surface area contributed by atoms with Gasteiger partial charge in [0.15, 0.2) is 28.0 Å². The molecule has 0 N–H and O–H groups in total. The monoisotopic (exact) mass is 417 g/mol. The number of thiazole rings is 1. The zero-order valence-corrected chi connectivity index (χ0v) is 16.6. The first-order valence-electron chi connectivity index (χ1n) is 9.47. The van der Waals surface area contributed by atoms with Gasteiger partial charge >= 0.3 is 0 Å². The molecule has 2 aliphatic heterocycles. The summed E-state index contributed by atoms with van der Waals surface area (Å²) < 4.78 is 24.4. The van der Waals surface area contributed by atoms with Gasteiger partial charge in [0, 0.05) is 16.5 Å². The molecule has 2 aromatic heterocycles. The lowest BCUT2D eigenvalue weighted by atomic mass is 10.1. The summed E-state index contributed by atoms with van der Waals surface area (Å²) in [4.78, 5) is 5.68.